The molecule has 1 N–H and O–H groups in total. The maximum Gasteiger partial charge on any atom is 0.146 e. The Bertz CT molecular complexity index is 345. The summed E-state index contributed by atoms with van der Waals surface area (Å²) >= 11 is 0. The van der Waals surface area contributed by atoms with Crippen molar-refractivity contribution in [2.24, 2.45) is 0 Å². The van der Waals surface area contributed by atoms with Crippen molar-refractivity contribution < 1.29 is 9.50 Å². The van der Waals surface area contributed by atoms with Crippen LogP contribution < -0.4 is 4.90 Å². The van der Waals surface area contributed by atoms with E-state index in [1.807, 2.05) is 0 Å². The lowest BCUT2D eigenvalue weighted by Crippen LogP contribution is -2.19. The number of anilines is 1. The molecule has 1 saturated heterocycles. The molecule has 1 fully saturated rings. The minimum atomic E-state index is -0.605. The lowest BCUT2D eigenvalue weighted by molar-refractivity contribution is 0.199. The monoisotopic (exact) mass is 209 g/mol. The fourth-order valence-electron chi connectivity index (χ4n) is 2.00. The van der Waals surface area contributed by atoms with Gasteiger partial charge in [0.25, 0.3) is 0 Å². The quantitative estimate of drug-likeness (QED) is 0.808. The van der Waals surface area contributed by atoms with Gasteiger partial charge in [-0.1, -0.05) is 6.07 Å². The second-order valence-corrected chi connectivity index (χ2v) is 4.08. The van der Waals surface area contributed by atoms with Crippen LogP contribution in [0, 0.1) is 5.82 Å². The molecule has 2 rings (SSSR count). The zero-order chi connectivity index (χ0) is 10.8. The van der Waals surface area contributed by atoms with Crippen LogP contribution in [0.2, 0.25) is 0 Å². The van der Waals surface area contributed by atoms with Crippen LogP contribution in [0.4, 0.5) is 10.1 Å². The highest BCUT2D eigenvalue weighted by molar-refractivity contribution is 5.50. The molecule has 0 saturated carbocycles. The van der Waals surface area contributed by atoms with E-state index in [0.29, 0.717) is 11.3 Å². The van der Waals surface area contributed by atoms with Crippen LogP contribution in [0.1, 0.15) is 31.4 Å². The van der Waals surface area contributed by atoms with Crippen LogP contribution in [-0.4, -0.2) is 18.2 Å². The highest BCUT2D eigenvalue weighted by Crippen LogP contribution is 2.26. The molecule has 0 amide bonds. The van der Waals surface area contributed by atoms with Gasteiger partial charge >= 0.3 is 0 Å². The van der Waals surface area contributed by atoms with E-state index in [9.17, 15) is 9.50 Å². The van der Waals surface area contributed by atoms with Crippen LogP contribution in [0.3, 0.4) is 0 Å². The van der Waals surface area contributed by atoms with Crippen molar-refractivity contribution >= 4 is 5.69 Å². The molecular formula is C12H16FNO. The maximum atomic E-state index is 13.7. The maximum absolute atomic E-state index is 13.7. The lowest BCUT2D eigenvalue weighted by atomic mass is 10.1. The predicted octanol–water partition coefficient (Wildman–Crippen LogP) is 2.48. The lowest BCUT2D eigenvalue weighted by Gasteiger charge is -2.19. The number of rotatable bonds is 2. The van der Waals surface area contributed by atoms with E-state index in [1.54, 1.807) is 19.1 Å². The third-order valence-electron chi connectivity index (χ3n) is 2.90. The second-order valence-electron chi connectivity index (χ2n) is 4.08. The Balaban J connectivity index is 2.25. The van der Waals surface area contributed by atoms with Crippen LogP contribution in [0.25, 0.3) is 0 Å². The SMILES string of the molecule is C[C@H](O)c1ccc(N2CCCC2)c(F)c1. The molecule has 1 aliphatic heterocycles. The first-order valence-electron chi connectivity index (χ1n) is 5.41. The highest BCUT2D eigenvalue weighted by atomic mass is 19.1. The standard InChI is InChI=1S/C12H16FNO/c1-9(15)10-4-5-12(11(13)8-10)14-6-2-3-7-14/h4-5,8-9,15H,2-3,6-7H2,1H3/t9-/m0/s1. The Labute approximate surface area is 89.3 Å². The number of aliphatic hydroxyl groups is 1. The van der Waals surface area contributed by atoms with Gasteiger partial charge in [-0.3, -0.25) is 0 Å². The molecule has 0 spiro atoms. The van der Waals surface area contributed by atoms with Crippen LogP contribution in [0.15, 0.2) is 18.2 Å². The van der Waals surface area contributed by atoms with Crippen LogP contribution in [-0.2, 0) is 0 Å². The van der Waals surface area contributed by atoms with Gasteiger partial charge in [0.05, 0.1) is 11.8 Å². The summed E-state index contributed by atoms with van der Waals surface area (Å²) in [6, 6.07) is 4.99. The van der Waals surface area contributed by atoms with Gasteiger partial charge in [-0.25, -0.2) is 4.39 Å². The van der Waals surface area contributed by atoms with Gasteiger partial charge in [0.1, 0.15) is 5.82 Å². The number of halogens is 1. The van der Waals surface area contributed by atoms with Crippen molar-refractivity contribution in [2.75, 3.05) is 18.0 Å². The van der Waals surface area contributed by atoms with Gasteiger partial charge in [0.2, 0.25) is 0 Å². The smallest absolute Gasteiger partial charge is 0.146 e. The average molecular weight is 209 g/mol. The van der Waals surface area contributed by atoms with Crippen LogP contribution in [0.5, 0.6) is 0 Å². The summed E-state index contributed by atoms with van der Waals surface area (Å²) in [4.78, 5) is 2.06. The normalized spacial score (nSPS) is 18.2. The zero-order valence-electron chi connectivity index (χ0n) is 8.91. The second kappa shape index (κ2) is 4.19. The number of hydrogen-bond donors (Lipinski definition) is 1. The predicted molar refractivity (Wildman–Crippen MR) is 58.5 cm³/mol. The summed E-state index contributed by atoms with van der Waals surface area (Å²) in [6.45, 7) is 3.51. The summed E-state index contributed by atoms with van der Waals surface area (Å²) in [6.07, 6.45) is 1.67. The Morgan fingerprint density at radius 2 is 2.00 bits per heavy atom. The topological polar surface area (TPSA) is 23.5 Å². The molecule has 2 nitrogen and oxygen atoms in total. The van der Waals surface area contributed by atoms with Gasteiger partial charge in [0, 0.05) is 13.1 Å². The summed E-state index contributed by atoms with van der Waals surface area (Å²) < 4.78 is 13.7. The Morgan fingerprint density at radius 1 is 1.33 bits per heavy atom. The molecule has 0 bridgehead atoms. The largest absolute Gasteiger partial charge is 0.389 e. The van der Waals surface area contributed by atoms with E-state index >= 15 is 0 Å². The van der Waals surface area contributed by atoms with E-state index in [1.165, 1.54) is 6.07 Å². The van der Waals surface area contributed by atoms with E-state index < -0.39 is 6.10 Å². The van der Waals surface area contributed by atoms with E-state index in [4.69, 9.17) is 0 Å². The van der Waals surface area contributed by atoms with Gasteiger partial charge in [-0.05, 0) is 37.5 Å². The fraction of sp³-hybridized carbons (Fsp3) is 0.500. The van der Waals surface area contributed by atoms with Crippen molar-refractivity contribution in [3.05, 3.63) is 29.6 Å². The van der Waals surface area contributed by atoms with Crippen LogP contribution >= 0.6 is 0 Å². The van der Waals surface area contributed by atoms with E-state index in [-0.39, 0.29) is 5.82 Å². The molecule has 1 atom stereocenters. The zero-order valence-corrected chi connectivity index (χ0v) is 8.91. The molecule has 1 aromatic rings. The van der Waals surface area contributed by atoms with Crippen molar-refractivity contribution in [3.63, 3.8) is 0 Å². The molecule has 1 aliphatic rings. The summed E-state index contributed by atoms with van der Waals surface area (Å²) in [5, 5.41) is 9.32. The van der Waals surface area contributed by atoms with Crippen molar-refractivity contribution in [2.45, 2.75) is 25.9 Å². The minimum Gasteiger partial charge on any atom is -0.389 e. The minimum absolute atomic E-state index is 0.227. The third kappa shape index (κ3) is 2.12. The molecule has 15 heavy (non-hydrogen) atoms. The number of benzene rings is 1. The van der Waals surface area contributed by atoms with Gasteiger partial charge in [0.15, 0.2) is 0 Å². The van der Waals surface area contributed by atoms with Crippen molar-refractivity contribution in [3.8, 4) is 0 Å². The van der Waals surface area contributed by atoms with Gasteiger partial charge in [-0.2, -0.15) is 0 Å². The first kappa shape index (κ1) is 10.4. The number of nitrogens with zero attached hydrogens (tertiary/aromatic N) is 1. The molecule has 1 heterocycles. The molecule has 0 aromatic heterocycles. The number of hydrogen-bond acceptors (Lipinski definition) is 2. The average Bonchev–Trinajstić information content (AvgIpc) is 2.70. The van der Waals surface area contributed by atoms with E-state index in [0.717, 1.165) is 25.9 Å². The third-order valence-corrected chi connectivity index (χ3v) is 2.90. The molecule has 0 aliphatic carbocycles. The van der Waals surface area contributed by atoms with Gasteiger partial charge in [-0.15, -0.1) is 0 Å². The Kier molecular flexibility index (Phi) is 2.91. The molecule has 1 aromatic carbocycles. The van der Waals surface area contributed by atoms with Gasteiger partial charge < -0.3 is 10.0 Å². The summed E-state index contributed by atoms with van der Waals surface area (Å²) in [5.74, 6) is -0.227. The fourth-order valence-corrected chi connectivity index (χ4v) is 2.00. The highest BCUT2D eigenvalue weighted by Gasteiger charge is 2.16. The molecular weight excluding hydrogens is 193 g/mol. The number of aliphatic hydroxyl groups excluding tert-OH is 1. The van der Waals surface area contributed by atoms with E-state index in [2.05, 4.69) is 4.90 Å². The Morgan fingerprint density at radius 3 is 2.53 bits per heavy atom. The first-order valence-corrected chi connectivity index (χ1v) is 5.41. The van der Waals surface area contributed by atoms with Crippen molar-refractivity contribution in [1.82, 2.24) is 0 Å². The van der Waals surface area contributed by atoms with Crippen molar-refractivity contribution in [1.29, 1.82) is 0 Å². The Hall–Kier alpha value is -1.09. The molecule has 82 valence electrons. The first-order chi connectivity index (χ1) is 7.18. The summed E-state index contributed by atoms with van der Waals surface area (Å²) in [7, 11) is 0. The summed E-state index contributed by atoms with van der Waals surface area (Å²) in [5.41, 5.74) is 1.30. The molecule has 0 unspecified atom stereocenters. The molecule has 3 heteroatoms. The molecule has 0 radical (unpaired) electrons.